The van der Waals surface area contributed by atoms with Crippen LogP contribution in [0.4, 0.5) is 0 Å². The molecule has 0 bridgehead atoms. The molecule has 7 heteroatoms. The molecule has 1 N–H and O–H groups in total. The van der Waals surface area contributed by atoms with Gasteiger partial charge >= 0.3 is 0 Å². The van der Waals surface area contributed by atoms with Crippen LogP contribution in [0.2, 0.25) is 5.02 Å². The van der Waals surface area contributed by atoms with Crippen LogP contribution >= 0.6 is 39.3 Å². The zero-order chi connectivity index (χ0) is 22.8. The molecule has 0 heterocycles. The monoisotopic (exact) mass is 524 g/mol. The molecule has 0 fully saturated rings. The van der Waals surface area contributed by atoms with Gasteiger partial charge in [-0.15, -0.1) is 11.8 Å². The van der Waals surface area contributed by atoms with Crippen LogP contribution in [0.3, 0.4) is 0 Å². The number of rotatable bonds is 11. The Morgan fingerprint density at radius 2 is 1.81 bits per heavy atom. The Bertz CT molecular complexity index is 861. The minimum atomic E-state index is -0.532. The molecule has 2 aromatic carbocycles. The quantitative estimate of drug-likeness (QED) is 0.396. The first-order valence-corrected chi connectivity index (χ1v) is 12.8. The zero-order valence-corrected chi connectivity index (χ0v) is 21.4. The summed E-state index contributed by atoms with van der Waals surface area (Å²) in [5.41, 5.74) is 1.99. The first kappa shape index (κ1) is 25.8. The number of hydrogen-bond donors (Lipinski definition) is 1. The Morgan fingerprint density at radius 1 is 1.13 bits per heavy atom. The summed E-state index contributed by atoms with van der Waals surface area (Å²) < 4.78 is 1.03. The number of benzene rings is 2. The van der Waals surface area contributed by atoms with Crippen LogP contribution in [0.5, 0.6) is 0 Å². The van der Waals surface area contributed by atoms with E-state index in [9.17, 15) is 9.59 Å². The van der Waals surface area contributed by atoms with E-state index in [1.165, 1.54) is 0 Å². The molecule has 0 aliphatic heterocycles. The fourth-order valence-electron chi connectivity index (χ4n) is 3.07. The Labute approximate surface area is 203 Å². The van der Waals surface area contributed by atoms with Gasteiger partial charge < -0.3 is 10.2 Å². The fraction of sp³-hybridized carbons (Fsp3) is 0.417. The van der Waals surface area contributed by atoms with Gasteiger partial charge in [-0.1, -0.05) is 78.6 Å². The Morgan fingerprint density at radius 3 is 2.42 bits per heavy atom. The molecule has 0 unspecified atom stereocenters. The van der Waals surface area contributed by atoms with Gasteiger partial charge in [0.15, 0.2) is 0 Å². The van der Waals surface area contributed by atoms with E-state index in [1.54, 1.807) is 16.7 Å². The number of amides is 2. The molecule has 0 aromatic heterocycles. The number of hydrogen-bond acceptors (Lipinski definition) is 3. The largest absolute Gasteiger partial charge is 0.354 e. The number of thioether (sulfide) groups is 1. The lowest BCUT2D eigenvalue weighted by molar-refractivity contribution is -0.139. The second-order valence-electron chi connectivity index (χ2n) is 7.80. The molecule has 168 valence electrons. The van der Waals surface area contributed by atoms with Crippen molar-refractivity contribution >= 4 is 51.1 Å². The molecule has 0 saturated carbocycles. The number of halogens is 2. The van der Waals surface area contributed by atoms with Crippen LogP contribution in [-0.4, -0.2) is 35.1 Å². The van der Waals surface area contributed by atoms with Crippen molar-refractivity contribution in [3.8, 4) is 0 Å². The maximum Gasteiger partial charge on any atom is 0.242 e. The number of carbonyl (C=O) groups is 2. The van der Waals surface area contributed by atoms with Crippen LogP contribution in [-0.2, 0) is 21.9 Å². The van der Waals surface area contributed by atoms with E-state index in [1.807, 2.05) is 69.3 Å². The second-order valence-corrected chi connectivity index (χ2v) is 10.1. The van der Waals surface area contributed by atoms with Gasteiger partial charge in [0.1, 0.15) is 6.04 Å². The zero-order valence-electron chi connectivity index (χ0n) is 18.2. The third-order valence-electron chi connectivity index (χ3n) is 4.78. The summed E-state index contributed by atoms with van der Waals surface area (Å²) in [6.07, 6.45) is 0.539. The minimum Gasteiger partial charge on any atom is -0.354 e. The first-order chi connectivity index (χ1) is 14.8. The lowest BCUT2D eigenvalue weighted by Gasteiger charge is -2.31. The van der Waals surface area contributed by atoms with Crippen LogP contribution in [0.1, 0.15) is 38.3 Å². The summed E-state index contributed by atoms with van der Waals surface area (Å²) in [5, 5.41) is 3.58. The third-order valence-corrected chi connectivity index (χ3v) is 6.66. The van der Waals surface area contributed by atoms with Crippen LogP contribution in [0, 0.1) is 5.92 Å². The lowest BCUT2D eigenvalue weighted by atomic mass is 10.1. The summed E-state index contributed by atoms with van der Waals surface area (Å²) in [7, 11) is 0. The first-order valence-electron chi connectivity index (χ1n) is 10.4. The Hall–Kier alpha value is -1.50. The molecule has 2 rings (SSSR count). The predicted octanol–water partition coefficient (Wildman–Crippen LogP) is 5.92. The van der Waals surface area contributed by atoms with Gasteiger partial charge in [-0.2, -0.15) is 0 Å². The second kappa shape index (κ2) is 13.1. The van der Waals surface area contributed by atoms with Crippen LogP contribution < -0.4 is 5.32 Å². The van der Waals surface area contributed by atoms with E-state index >= 15 is 0 Å². The summed E-state index contributed by atoms with van der Waals surface area (Å²) in [6.45, 7) is 6.92. The van der Waals surface area contributed by atoms with Crippen molar-refractivity contribution in [3.63, 3.8) is 0 Å². The number of nitrogens with one attached hydrogen (secondary N) is 1. The summed E-state index contributed by atoms with van der Waals surface area (Å²) in [6, 6.07) is 15.0. The van der Waals surface area contributed by atoms with E-state index in [-0.39, 0.29) is 11.8 Å². The molecule has 0 aliphatic rings. The van der Waals surface area contributed by atoms with Crippen molar-refractivity contribution in [2.45, 2.75) is 45.5 Å². The van der Waals surface area contributed by atoms with Crippen LogP contribution in [0.15, 0.2) is 53.0 Å². The van der Waals surface area contributed by atoms with Gasteiger partial charge in [0.05, 0.1) is 5.75 Å². The van der Waals surface area contributed by atoms with E-state index in [0.717, 1.165) is 21.4 Å². The number of carbonyl (C=O) groups excluding carboxylic acids is 2. The standard InChI is InChI=1S/C24H30BrClN2O2S/c1-4-22(24(30)27-13-17(2)3)28(14-19-7-5-6-8-21(19)26)23(29)16-31-15-18-9-11-20(25)12-10-18/h5-12,17,22H,4,13-16H2,1-3H3,(H,27,30)/t22-/m1/s1. The third kappa shape index (κ3) is 8.51. The lowest BCUT2D eigenvalue weighted by Crippen LogP contribution is -2.50. The molecular weight excluding hydrogens is 496 g/mol. The van der Waals surface area contributed by atoms with E-state index in [0.29, 0.717) is 36.2 Å². The highest BCUT2D eigenvalue weighted by atomic mass is 79.9. The van der Waals surface area contributed by atoms with Gasteiger partial charge in [-0.05, 0) is 41.7 Å². The van der Waals surface area contributed by atoms with E-state index in [4.69, 9.17) is 11.6 Å². The van der Waals surface area contributed by atoms with Crippen molar-refractivity contribution in [1.82, 2.24) is 10.2 Å². The van der Waals surface area contributed by atoms with Crippen molar-refractivity contribution in [2.24, 2.45) is 5.92 Å². The van der Waals surface area contributed by atoms with E-state index < -0.39 is 6.04 Å². The molecule has 4 nitrogen and oxygen atoms in total. The van der Waals surface area contributed by atoms with Crippen molar-refractivity contribution in [3.05, 3.63) is 69.2 Å². The predicted molar refractivity (Wildman–Crippen MR) is 134 cm³/mol. The Kier molecular flexibility index (Phi) is 10.9. The molecule has 2 aromatic rings. The molecule has 0 spiro atoms. The molecule has 0 radical (unpaired) electrons. The van der Waals surface area contributed by atoms with Gasteiger partial charge in [0, 0.05) is 28.3 Å². The smallest absolute Gasteiger partial charge is 0.242 e. The van der Waals surface area contributed by atoms with Gasteiger partial charge in [0.2, 0.25) is 11.8 Å². The highest BCUT2D eigenvalue weighted by Gasteiger charge is 2.29. The normalized spacial score (nSPS) is 11.9. The topological polar surface area (TPSA) is 49.4 Å². The molecule has 2 amide bonds. The van der Waals surface area contributed by atoms with Crippen molar-refractivity contribution in [2.75, 3.05) is 12.3 Å². The average molecular weight is 526 g/mol. The summed E-state index contributed by atoms with van der Waals surface area (Å²) in [4.78, 5) is 27.8. The highest BCUT2D eigenvalue weighted by Crippen LogP contribution is 2.22. The maximum absolute atomic E-state index is 13.2. The minimum absolute atomic E-state index is 0.0615. The average Bonchev–Trinajstić information content (AvgIpc) is 2.74. The Balaban J connectivity index is 2.12. The molecule has 0 saturated heterocycles. The van der Waals surface area contributed by atoms with Gasteiger partial charge in [0.25, 0.3) is 0 Å². The fourth-order valence-corrected chi connectivity index (χ4v) is 4.40. The molecule has 1 atom stereocenters. The maximum atomic E-state index is 13.2. The summed E-state index contributed by atoms with van der Waals surface area (Å²) in [5.74, 6) is 1.20. The van der Waals surface area contributed by atoms with Crippen molar-refractivity contribution in [1.29, 1.82) is 0 Å². The van der Waals surface area contributed by atoms with Crippen LogP contribution in [0.25, 0.3) is 0 Å². The van der Waals surface area contributed by atoms with Gasteiger partial charge in [-0.3, -0.25) is 9.59 Å². The SMILES string of the molecule is CC[C@H](C(=O)NCC(C)C)N(Cc1ccccc1Cl)C(=O)CSCc1ccc(Br)cc1. The van der Waals surface area contributed by atoms with E-state index in [2.05, 4.69) is 21.2 Å². The van der Waals surface area contributed by atoms with Crippen molar-refractivity contribution < 1.29 is 9.59 Å². The number of nitrogens with zero attached hydrogens (tertiary/aromatic N) is 1. The highest BCUT2D eigenvalue weighted by molar-refractivity contribution is 9.10. The molecule has 0 aliphatic carbocycles. The summed E-state index contributed by atoms with van der Waals surface area (Å²) >= 11 is 11.3. The van der Waals surface area contributed by atoms with Gasteiger partial charge in [-0.25, -0.2) is 0 Å². The molecule has 31 heavy (non-hydrogen) atoms. The molecular formula is C24H30BrClN2O2S.